The standard InChI is InChI=1S/C13H21N5/c1-5-6-14-12(13-15-7-8-17(13)3)11-9-16-18(4)10(11)2/h7-9,12,14H,5-6H2,1-4H3. The van der Waals surface area contributed by atoms with Crippen LogP contribution in [0.2, 0.25) is 0 Å². The highest BCUT2D eigenvalue weighted by Crippen LogP contribution is 2.22. The van der Waals surface area contributed by atoms with Crippen molar-refractivity contribution < 1.29 is 0 Å². The van der Waals surface area contributed by atoms with Crippen LogP contribution in [0.1, 0.15) is 36.5 Å². The fraction of sp³-hybridized carbons (Fsp3) is 0.538. The highest BCUT2D eigenvalue weighted by molar-refractivity contribution is 5.26. The van der Waals surface area contributed by atoms with Gasteiger partial charge in [0.1, 0.15) is 5.82 Å². The fourth-order valence-electron chi connectivity index (χ4n) is 2.08. The quantitative estimate of drug-likeness (QED) is 0.872. The van der Waals surface area contributed by atoms with Crippen LogP contribution in [0, 0.1) is 6.92 Å². The second-order valence-corrected chi connectivity index (χ2v) is 4.59. The first-order valence-corrected chi connectivity index (χ1v) is 6.34. The Balaban J connectivity index is 2.37. The smallest absolute Gasteiger partial charge is 0.130 e. The van der Waals surface area contributed by atoms with Gasteiger partial charge in [0.15, 0.2) is 0 Å². The summed E-state index contributed by atoms with van der Waals surface area (Å²) in [5.41, 5.74) is 2.37. The maximum absolute atomic E-state index is 4.46. The molecule has 0 fully saturated rings. The topological polar surface area (TPSA) is 47.7 Å². The molecule has 0 spiro atoms. The maximum Gasteiger partial charge on any atom is 0.130 e. The van der Waals surface area contributed by atoms with Crippen molar-refractivity contribution in [2.45, 2.75) is 26.3 Å². The second kappa shape index (κ2) is 5.35. The van der Waals surface area contributed by atoms with Crippen LogP contribution in [-0.2, 0) is 14.1 Å². The van der Waals surface area contributed by atoms with Crippen molar-refractivity contribution >= 4 is 0 Å². The molecule has 2 aromatic rings. The Hall–Kier alpha value is -1.62. The molecule has 1 atom stereocenters. The molecule has 0 aromatic carbocycles. The van der Waals surface area contributed by atoms with Gasteiger partial charge in [-0.2, -0.15) is 5.10 Å². The van der Waals surface area contributed by atoms with Crippen LogP contribution in [0.25, 0.3) is 0 Å². The van der Waals surface area contributed by atoms with E-state index in [0.29, 0.717) is 0 Å². The zero-order chi connectivity index (χ0) is 13.1. The molecule has 0 aliphatic heterocycles. The Morgan fingerprint density at radius 1 is 1.39 bits per heavy atom. The summed E-state index contributed by atoms with van der Waals surface area (Å²) in [6, 6.07) is 0.110. The third kappa shape index (κ3) is 2.31. The molecule has 5 heteroatoms. The van der Waals surface area contributed by atoms with Gasteiger partial charge in [0, 0.05) is 37.7 Å². The summed E-state index contributed by atoms with van der Waals surface area (Å²) in [6.07, 6.45) is 6.83. The summed E-state index contributed by atoms with van der Waals surface area (Å²) in [4.78, 5) is 4.46. The minimum Gasteiger partial charge on any atom is -0.336 e. The lowest BCUT2D eigenvalue weighted by molar-refractivity contribution is 0.552. The highest BCUT2D eigenvalue weighted by Gasteiger charge is 2.21. The van der Waals surface area contributed by atoms with Crippen molar-refractivity contribution in [2.24, 2.45) is 14.1 Å². The van der Waals surface area contributed by atoms with Crippen LogP contribution in [0.15, 0.2) is 18.6 Å². The zero-order valence-electron chi connectivity index (χ0n) is 11.5. The minimum absolute atomic E-state index is 0.110. The van der Waals surface area contributed by atoms with Crippen molar-refractivity contribution in [3.8, 4) is 0 Å². The Labute approximate surface area is 108 Å². The number of nitrogens with one attached hydrogen (secondary N) is 1. The van der Waals surface area contributed by atoms with Gasteiger partial charge in [0.25, 0.3) is 0 Å². The van der Waals surface area contributed by atoms with Crippen LogP contribution in [0.3, 0.4) is 0 Å². The van der Waals surface area contributed by atoms with Gasteiger partial charge in [-0.25, -0.2) is 4.98 Å². The van der Waals surface area contributed by atoms with E-state index in [-0.39, 0.29) is 6.04 Å². The molecule has 18 heavy (non-hydrogen) atoms. The molecule has 1 unspecified atom stereocenters. The Morgan fingerprint density at radius 2 is 2.17 bits per heavy atom. The Morgan fingerprint density at radius 3 is 2.67 bits per heavy atom. The molecule has 5 nitrogen and oxygen atoms in total. The van der Waals surface area contributed by atoms with Crippen molar-refractivity contribution in [3.05, 3.63) is 35.7 Å². The molecule has 0 saturated heterocycles. The molecule has 2 aromatic heterocycles. The van der Waals surface area contributed by atoms with Gasteiger partial charge in [-0.1, -0.05) is 6.92 Å². The van der Waals surface area contributed by atoms with Gasteiger partial charge in [0.2, 0.25) is 0 Å². The molecule has 0 amide bonds. The summed E-state index contributed by atoms with van der Waals surface area (Å²) in [5, 5.41) is 7.87. The number of aryl methyl sites for hydroxylation is 2. The third-order valence-electron chi connectivity index (χ3n) is 3.30. The van der Waals surface area contributed by atoms with Gasteiger partial charge in [-0.15, -0.1) is 0 Å². The van der Waals surface area contributed by atoms with E-state index in [1.54, 1.807) is 0 Å². The van der Waals surface area contributed by atoms with Crippen LogP contribution >= 0.6 is 0 Å². The Kier molecular flexibility index (Phi) is 3.81. The van der Waals surface area contributed by atoms with Gasteiger partial charge >= 0.3 is 0 Å². The molecular weight excluding hydrogens is 226 g/mol. The molecule has 0 radical (unpaired) electrons. The molecule has 0 aliphatic rings. The maximum atomic E-state index is 4.46. The third-order valence-corrected chi connectivity index (χ3v) is 3.30. The van der Waals surface area contributed by atoms with E-state index in [2.05, 4.69) is 33.8 Å². The van der Waals surface area contributed by atoms with Crippen molar-refractivity contribution in [2.75, 3.05) is 6.54 Å². The average Bonchev–Trinajstić information content (AvgIpc) is 2.91. The fourth-order valence-corrected chi connectivity index (χ4v) is 2.08. The van der Waals surface area contributed by atoms with Crippen molar-refractivity contribution in [1.82, 2.24) is 24.6 Å². The zero-order valence-corrected chi connectivity index (χ0v) is 11.5. The lowest BCUT2D eigenvalue weighted by Gasteiger charge is -2.18. The molecule has 1 N–H and O–H groups in total. The van der Waals surface area contributed by atoms with Crippen LogP contribution in [-0.4, -0.2) is 25.9 Å². The molecular formula is C13H21N5. The lowest BCUT2D eigenvalue weighted by Crippen LogP contribution is -2.26. The highest BCUT2D eigenvalue weighted by atomic mass is 15.3. The molecule has 0 aliphatic carbocycles. The molecule has 0 saturated carbocycles. The molecule has 0 bridgehead atoms. The van der Waals surface area contributed by atoms with Crippen molar-refractivity contribution in [1.29, 1.82) is 0 Å². The molecule has 2 rings (SSSR count). The number of imidazole rings is 1. The van der Waals surface area contributed by atoms with Gasteiger partial charge in [-0.3, -0.25) is 4.68 Å². The summed E-state index contributed by atoms with van der Waals surface area (Å²) in [7, 11) is 3.99. The largest absolute Gasteiger partial charge is 0.336 e. The lowest BCUT2D eigenvalue weighted by atomic mass is 10.1. The number of rotatable bonds is 5. The van der Waals surface area contributed by atoms with Crippen LogP contribution < -0.4 is 5.32 Å². The van der Waals surface area contributed by atoms with Gasteiger partial charge < -0.3 is 9.88 Å². The van der Waals surface area contributed by atoms with E-state index in [1.807, 2.05) is 37.4 Å². The van der Waals surface area contributed by atoms with E-state index < -0.39 is 0 Å². The molecule has 98 valence electrons. The number of nitrogens with zero attached hydrogens (tertiary/aromatic N) is 4. The van der Waals surface area contributed by atoms with Crippen molar-refractivity contribution in [3.63, 3.8) is 0 Å². The first-order valence-electron chi connectivity index (χ1n) is 6.34. The summed E-state index contributed by atoms with van der Waals surface area (Å²) < 4.78 is 3.96. The summed E-state index contributed by atoms with van der Waals surface area (Å²) in [6.45, 7) is 5.22. The van der Waals surface area contributed by atoms with E-state index in [4.69, 9.17) is 0 Å². The van der Waals surface area contributed by atoms with E-state index in [1.165, 1.54) is 11.3 Å². The number of hydrogen-bond donors (Lipinski definition) is 1. The van der Waals surface area contributed by atoms with Crippen LogP contribution in [0.5, 0.6) is 0 Å². The van der Waals surface area contributed by atoms with Gasteiger partial charge in [-0.05, 0) is 19.9 Å². The Bertz CT molecular complexity index is 511. The first kappa shape index (κ1) is 12.8. The summed E-state index contributed by atoms with van der Waals surface area (Å²) in [5.74, 6) is 1.03. The predicted molar refractivity (Wildman–Crippen MR) is 71.3 cm³/mol. The monoisotopic (exact) mass is 247 g/mol. The first-order chi connectivity index (χ1) is 8.65. The van der Waals surface area contributed by atoms with E-state index in [9.17, 15) is 0 Å². The van der Waals surface area contributed by atoms with E-state index >= 15 is 0 Å². The second-order valence-electron chi connectivity index (χ2n) is 4.59. The van der Waals surface area contributed by atoms with Crippen LogP contribution in [0.4, 0.5) is 0 Å². The van der Waals surface area contributed by atoms with Gasteiger partial charge in [0.05, 0.1) is 12.2 Å². The predicted octanol–water partition coefficient (Wildman–Crippen LogP) is 1.55. The van der Waals surface area contributed by atoms with E-state index in [0.717, 1.165) is 18.8 Å². The average molecular weight is 247 g/mol. The minimum atomic E-state index is 0.110. The normalized spacial score (nSPS) is 12.9. The SMILES string of the molecule is CCCNC(c1cnn(C)c1C)c1nccn1C. The molecule has 2 heterocycles. The summed E-state index contributed by atoms with van der Waals surface area (Å²) >= 11 is 0. The number of hydrogen-bond acceptors (Lipinski definition) is 3. The number of aromatic nitrogens is 4.